The standard InChI is InChI=1S/C14H14ClN3O/c1-8-3-5-11(9(2)7-8)17-14(19)13-10(15)4-6-12(16)18-13/h3-7H,1-2H3,(H2,16,18)(H,17,19). The molecule has 0 aliphatic rings. The van der Waals surface area contributed by atoms with Crippen molar-refractivity contribution in [3.63, 3.8) is 0 Å². The van der Waals surface area contributed by atoms with E-state index in [1.165, 1.54) is 0 Å². The molecule has 2 aromatic rings. The zero-order chi connectivity index (χ0) is 14.0. The second-order valence-corrected chi connectivity index (χ2v) is 4.75. The summed E-state index contributed by atoms with van der Waals surface area (Å²) in [5.41, 5.74) is 8.53. The number of aromatic nitrogens is 1. The Kier molecular flexibility index (Phi) is 3.71. The third-order valence-electron chi connectivity index (χ3n) is 2.71. The van der Waals surface area contributed by atoms with E-state index in [-0.39, 0.29) is 22.4 Å². The number of halogens is 1. The number of rotatable bonds is 2. The highest BCUT2D eigenvalue weighted by molar-refractivity contribution is 6.34. The molecule has 0 saturated heterocycles. The van der Waals surface area contributed by atoms with Crippen molar-refractivity contribution in [1.82, 2.24) is 4.98 Å². The first-order valence-corrected chi connectivity index (χ1v) is 6.16. The average Bonchev–Trinajstić information content (AvgIpc) is 2.35. The van der Waals surface area contributed by atoms with Gasteiger partial charge in [0.25, 0.3) is 5.91 Å². The predicted molar refractivity (Wildman–Crippen MR) is 77.5 cm³/mol. The van der Waals surface area contributed by atoms with Crippen molar-refractivity contribution in [3.8, 4) is 0 Å². The third-order valence-corrected chi connectivity index (χ3v) is 3.02. The van der Waals surface area contributed by atoms with Crippen LogP contribution in [0.15, 0.2) is 30.3 Å². The maximum absolute atomic E-state index is 12.1. The number of anilines is 2. The molecule has 0 aliphatic carbocycles. The molecule has 0 atom stereocenters. The summed E-state index contributed by atoms with van der Waals surface area (Å²) in [6.45, 7) is 3.92. The SMILES string of the molecule is Cc1ccc(NC(=O)c2nc(N)ccc2Cl)c(C)c1. The topological polar surface area (TPSA) is 68.0 Å². The molecule has 0 fully saturated rings. The summed E-state index contributed by atoms with van der Waals surface area (Å²) in [6.07, 6.45) is 0. The smallest absolute Gasteiger partial charge is 0.275 e. The van der Waals surface area contributed by atoms with Crippen LogP contribution in [0.5, 0.6) is 0 Å². The maximum Gasteiger partial charge on any atom is 0.275 e. The Labute approximate surface area is 116 Å². The number of nitrogen functional groups attached to an aromatic ring is 1. The van der Waals surface area contributed by atoms with Crippen LogP contribution in [0, 0.1) is 13.8 Å². The summed E-state index contributed by atoms with van der Waals surface area (Å²) in [7, 11) is 0. The summed E-state index contributed by atoms with van der Waals surface area (Å²) in [4.78, 5) is 16.1. The fourth-order valence-corrected chi connectivity index (χ4v) is 1.94. The van der Waals surface area contributed by atoms with Crippen LogP contribution in [0.1, 0.15) is 21.6 Å². The summed E-state index contributed by atoms with van der Waals surface area (Å²) >= 11 is 5.94. The monoisotopic (exact) mass is 275 g/mol. The molecular formula is C14H14ClN3O. The van der Waals surface area contributed by atoms with E-state index in [9.17, 15) is 4.79 Å². The normalized spacial score (nSPS) is 10.3. The minimum absolute atomic E-state index is 0.127. The van der Waals surface area contributed by atoms with Crippen molar-refractivity contribution in [3.05, 3.63) is 52.2 Å². The first-order chi connectivity index (χ1) is 8.97. The lowest BCUT2D eigenvalue weighted by Gasteiger charge is -2.09. The molecule has 0 aliphatic heterocycles. The number of nitrogens with two attached hydrogens (primary N) is 1. The minimum Gasteiger partial charge on any atom is -0.384 e. The second kappa shape index (κ2) is 5.28. The number of amides is 1. The van der Waals surface area contributed by atoms with E-state index < -0.39 is 0 Å². The van der Waals surface area contributed by atoms with Gasteiger partial charge in [0, 0.05) is 5.69 Å². The lowest BCUT2D eigenvalue weighted by atomic mass is 10.1. The van der Waals surface area contributed by atoms with Gasteiger partial charge in [0.1, 0.15) is 11.5 Å². The van der Waals surface area contributed by atoms with Crippen LogP contribution in [-0.4, -0.2) is 10.9 Å². The highest BCUT2D eigenvalue weighted by atomic mass is 35.5. The fourth-order valence-electron chi connectivity index (χ4n) is 1.75. The molecule has 1 amide bonds. The number of aryl methyl sites for hydroxylation is 2. The number of pyridine rings is 1. The van der Waals surface area contributed by atoms with E-state index in [1.807, 2.05) is 32.0 Å². The average molecular weight is 276 g/mol. The largest absolute Gasteiger partial charge is 0.384 e. The van der Waals surface area contributed by atoms with Gasteiger partial charge < -0.3 is 11.1 Å². The Bertz CT molecular complexity index is 641. The molecule has 0 unspecified atom stereocenters. The van der Waals surface area contributed by atoms with Gasteiger partial charge >= 0.3 is 0 Å². The number of benzene rings is 1. The number of hydrogen-bond donors (Lipinski definition) is 2. The van der Waals surface area contributed by atoms with Crippen molar-refractivity contribution in [2.45, 2.75) is 13.8 Å². The van der Waals surface area contributed by atoms with Gasteiger partial charge in [-0.1, -0.05) is 29.3 Å². The summed E-state index contributed by atoms with van der Waals surface area (Å²) < 4.78 is 0. The van der Waals surface area contributed by atoms with Crippen molar-refractivity contribution >= 4 is 29.0 Å². The van der Waals surface area contributed by atoms with Crippen LogP contribution in [-0.2, 0) is 0 Å². The lowest BCUT2D eigenvalue weighted by Crippen LogP contribution is -2.15. The van der Waals surface area contributed by atoms with Gasteiger partial charge in [-0.3, -0.25) is 4.79 Å². The molecule has 4 nitrogen and oxygen atoms in total. The van der Waals surface area contributed by atoms with Gasteiger partial charge in [0.2, 0.25) is 0 Å². The zero-order valence-corrected chi connectivity index (χ0v) is 11.5. The van der Waals surface area contributed by atoms with E-state index in [1.54, 1.807) is 12.1 Å². The van der Waals surface area contributed by atoms with Crippen molar-refractivity contribution in [2.24, 2.45) is 0 Å². The summed E-state index contributed by atoms with van der Waals surface area (Å²) in [6, 6.07) is 8.88. The lowest BCUT2D eigenvalue weighted by molar-refractivity contribution is 0.102. The number of carbonyl (C=O) groups is 1. The first kappa shape index (κ1) is 13.4. The quantitative estimate of drug-likeness (QED) is 0.884. The first-order valence-electron chi connectivity index (χ1n) is 5.78. The van der Waals surface area contributed by atoms with E-state index >= 15 is 0 Å². The molecule has 0 bridgehead atoms. The fraction of sp³-hybridized carbons (Fsp3) is 0.143. The van der Waals surface area contributed by atoms with Crippen LogP contribution in [0.2, 0.25) is 5.02 Å². The molecule has 1 aromatic heterocycles. The van der Waals surface area contributed by atoms with Crippen LogP contribution in [0.25, 0.3) is 0 Å². The Hall–Kier alpha value is -2.07. The Morgan fingerprint density at radius 1 is 1.26 bits per heavy atom. The third kappa shape index (κ3) is 3.03. The number of hydrogen-bond acceptors (Lipinski definition) is 3. The zero-order valence-electron chi connectivity index (χ0n) is 10.7. The van der Waals surface area contributed by atoms with Crippen molar-refractivity contribution in [1.29, 1.82) is 0 Å². The van der Waals surface area contributed by atoms with Crippen molar-refractivity contribution in [2.75, 3.05) is 11.1 Å². The van der Waals surface area contributed by atoms with Crippen LogP contribution >= 0.6 is 11.6 Å². The van der Waals surface area contributed by atoms with E-state index in [4.69, 9.17) is 17.3 Å². The van der Waals surface area contributed by atoms with Gasteiger partial charge in [-0.2, -0.15) is 0 Å². The van der Waals surface area contributed by atoms with E-state index in [0.717, 1.165) is 16.8 Å². The Morgan fingerprint density at radius 2 is 2.00 bits per heavy atom. The molecule has 0 saturated carbocycles. The van der Waals surface area contributed by atoms with E-state index in [0.29, 0.717) is 0 Å². The minimum atomic E-state index is -0.371. The van der Waals surface area contributed by atoms with Crippen LogP contribution in [0.4, 0.5) is 11.5 Å². The molecule has 5 heteroatoms. The second-order valence-electron chi connectivity index (χ2n) is 4.34. The molecular weight excluding hydrogens is 262 g/mol. The molecule has 0 spiro atoms. The van der Waals surface area contributed by atoms with Gasteiger partial charge in [0.15, 0.2) is 0 Å². The molecule has 1 heterocycles. The molecule has 98 valence electrons. The molecule has 0 radical (unpaired) electrons. The maximum atomic E-state index is 12.1. The molecule has 3 N–H and O–H groups in total. The highest BCUT2D eigenvalue weighted by Gasteiger charge is 2.13. The van der Waals surface area contributed by atoms with Gasteiger partial charge in [0.05, 0.1) is 5.02 Å². The van der Waals surface area contributed by atoms with Crippen LogP contribution < -0.4 is 11.1 Å². The predicted octanol–water partition coefficient (Wildman–Crippen LogP) is 3.19. The highest BCUT2D eigenvalue weighted by Crippen LogP contribution is 2.20. The molecule has 2 rings (SSSR count). The molecule has 1 aromatic carbocycles. The van der Waals surface area contributed by atoms with E-state index in [2.05, 4.69) is 10.3 Å². The van der Waals surface area contributed by atoms with Crippen LogP contribution in [0.3, 0.4) is 0 Å². The number of nitrogens with zero attached hydrogens (tertiary/aromatic N) is 1. The number of carbonyl (C=O) groups excluding carboxylic acids is 1. The Balaban J connectivity index is 2.28. The van der Waals surface area contributed by atoms with Gasteiger partial charge in [-0.15, -0.1) is 0 Å². The summed E-state index contributed by atoms with van der Waals surface area (Å²) in [5, 5.41) is 3.05. The summed E-state index contributed by atoms with van der Waals surface area (Å²) in [5.74, 6) is -0.112. The van der Waals surface area contributed by atoms with Gasteiger partial charge in [-0.25, -0.2) is 4.98 Å². The number of nitrogens with one attached hydrogen (secondary N) is 1. The molecule has 19 heavy (non-hydrogen) atoms. The van der Waals surface area contributed by atoms with Gasteiger partial charge in [-0.05, 0) is 37.6 Å². The Morgan fingerprint density at radius 3 is 2.68 bits per heavy atom. The van der Waals surface area contributed by atoms with Crippen molar-refractivity contribution < 1.29 is 4.79 Å².